The molecule has 3 rings (SSSR count). The first-order chi connectivity index (χ1) is 9.70. The maximum Gasteiger partial charge on any atom is 0.358 e. The summed E-state index contributed by atoms with van der Waals surface area (Å²) in [4.78, 5) is 24.4. The molecule has 100 valence electrons. The van der Waals surface area contributed by atoms with Gasteiger partial charge in [0, 0.05) is 12.4 Å². The molecule has 0 aliphatic carbocycles. The fourth-order valence-corrected chi connectivity index (χ4v) is 2.06. The smallest absolute Gasteiger partial charge is 0.358 e. The molecule has 2 heterocycles. The SMILES string of the molecule is COc1nc(=O)n(-c2ncccn2)c2cc(C)ccc12. The molecule has 0 unspecified atom stereocenters. The van der Waals surface area contributed by atoms with E-state index in [1.165, 1.54) is 11.7 Å². The van der Waals surface area contributed by atoms with Crippen LogP contribution in [0.1, 0.15) is 5.56 Å². The lowest BCUT2D eigenvalue weighted by Gasteiger charge is -2.10. The van der Waals surface area contributed by atoms with E-state index in [4.69, 9.17) is 4.74 Å². The minimum Gasteiger partial charge on any atom is -0.480 e. The van der Waals surface area contributed by atoms with Crippen molar-refractivity contribution in [3.8, 4) is 11.8 Å². The molecule has 1 aromatic carbocycles. The van der Waals surface area contributed by atoms with Crippen molar-refractivity contribution in [1.29, 1.82) is 0 Å². The predicted octanol–water partition coefficient (Wildman–Crippen LogP) is 1.49. The molecule has 0 amide bonds. The number of nitrogens with zero attached hydrogens (tertiary/aromatic N) is 4. The van der Waals surface area contributed by atoms with Gasteiger partial charge >= 0.3 is 5.69 Å². The monoisotopic (exact) mass is 268 g/mol. The first-order valence-electron chi connectivity index (χ1n) is 6.05. The van der Waals surface area contributed by atoms with E-state index in [1.807, 2.05) is 25.1 Å². The Kier molecular flexibility index (Phi) is 2.90. The molecule has 0 atom stereocenters. The molecule has 0 saturated heterocycles. The summed E-state index contributed by atoms with van der Waals surface area (Å²) >= 11 is 0. The fourth-order valence-electron chi connectivity index (χ4n) is 2.06. The highest BCUT2D eigenvalue weighted by Crippen LogP contribution is 2.23. The minimum atomic E-state index is -0.467. The van der Waals surface area contributed by atoms with E-state index in [1.54, 1.807) is 18.5 Å². The number of hydrogen-bond acceptors (Lipinski definition) is 5. The molecule has 0 N–H and O–H groups in total. The summed E-state index contributed by atoms with van der Waals surface area (Å²) < 4.78 is 6.55. The van der Waals surface area contributed by atoms with Crippen LogP contribution in [0.25, 0.3) is 16.9 Å². The van der Waals surface area contributed by atoms with Crippen molar-refractivity contribution in [3.05, 3.63) is 52.7 Å². The zero-order chi connectivity index (χ0) is 14.1. The zero-order valence-electron chi connectivity index (χ0n) is 11.1. The number of fused-ring (bicyclic) bond motifs is 1. The molecular weight excluding hydrogens is 256 g/mol. The number of hydrogen-bond donors (Lipinski definition) is 0. The number of ether oxygens (including phenoxy) is 1. The third kappa shape index (κ3) is 1.91. The van der Waals surface area contributed by atoms with Crippen molar-refractivity contribution in [3.63, 3.8) is 0 Å². The summed E-state index contributed by atoms with van der Waals surface area (Å²) in [5.41, 5.74) is 1.23. The number of rotatable bonds is 2. The van der Waals surface area contributed by atoms with Crippen LogP contribution in [0.3, 0.4) is 0 Å². The maximum absolute atomic E-state index is 12.2. The highest BCUT2D eigenvalue weighted by atomic mass is 16.5. The third-order valence-corrected chi connectivity index (χ3v) is 2.96. The third-order valence-electron chi connectivity index (χ3n) is 2.96. The lowest BCUT2D eigenvalue weighted by Crippen LogP contribution is -2.24. The normalized spacial score (nSPS) is 10.7. The Morgan fingerprint density at radius 1 is 1.20 bits per heavy atom. The second-order valence-electron chi connectivity index (χ2n) is 4.31. The molecular formula is C14H12N4O2. The number of aryl methyl sites for hydroxylation is 1. The van der Waals surface area contributed by atoms with Crippen LogP contribution in [-0.2, 0) is 0 Å². The Morgan fingerprint density at radius 3 is 2.65 bits per heavy atom. The highest BCUT2D eigenvalue weighted by Gasteiger charge is 2.13. The van der Waals surface area contributed by atoms with Crippen LogP contribution in [0, 0.1) is 6.92 Å². The van der Waals surface area contributed by atoms with Gasteiger partial charge in [0.2, 0.25) is 11.8 Å². The van der Waals surface area contributed by atoms with Gasteiger partial charge in [0.25, 0.3) is 0 Å². The molecule has 0 aliphatic heterocycles. The quantitative estimate of drug-likeness (QED) is 0.704. The van der Waals surface area contributed by atoms with Crippen molar-refractivity contribution in [2.45, 2.75) is 6.92 Å². The van der Waals surface area contributed by atoms with Gasteiger partial charge in [0.15, 0.2) is 0 Å². The molecule has 0 bridgehead atoms. The van der Waals surface area contributed by atoms with Crippen molar-refractivity contribution in [1.82, 2.24) is 19.5 Å². The first kappa shape index (κ1) is 12.3. The van der Waals surface area contributed by atoms with E-state index < -0.39 is 5.69 Å². The summed E-state index contributed by atoms with van der Waals surface area (Å²) in [6.45, 7) is 1.95. The van der Waals surface area contributed by atoms with E-state index >= 15 is 0 Å². The van der Waals surface area contributed by atoms with Gasteiger partial charge in [0.1, 0.15) is 0 Å². The summed E-state index contributed by atoms with van der Waals surface area (Å²) in [5, 5.41) is 0.741. The van der Waals surface area contributed by atoms with Crippen LogP contribution < -0.4 is 10.4 Å². The standard InChI is InChI=1S/C14H12N4O2/c1-9-4-5-10-11(8-9)18(13-15-6-3-7-16-13)14(19)17-12(10)20-2/h3-8H,1-2H3. The van der Waals surface area contributed by atoms with Crippen molar-refractivity contribution >= 4 is 10.9 Å². The van der Waals surface area contributed by atoms with Crippen LogP contribution in [0.5, 0.6) is 5.88 Å². The minimum absolute atomic E-state index is 0.295. The second-order valence-corrected chi connectivity index (χ2v) is 4.31. The average molecular weight is 268 g/mol. The van der Waals surface area contributed by atoms with E-state index in [0.29, 0.717) is 17.3 Å². The van der Waals surface area contributed by atoms with Gasteiger partial charge in [-0.25, -0.2) is 19.3 Å². The Labute approximate surface area is 114 Å². The topological polar surface area (TPSA) is 69.9 Å². The molecule has 2 aromatic heterocycles. The summed E-state index contributed by atoms with van der Waals surface area (Å²) in [7, 11) is 1.49. The van der Waals surface area contributed by atoms with Crippen molar-refractivity contribution in [2.24, 2.45) is 0 Å². The highest BCUT2D eigenvalue weighted by molar-refractivity contribution is 5.85. The lowest BCUT2D eigenvalue weighted by molar-refractivity contribution is 0.400. The van der Waals surface area contributed by atoms with Crippen molar-refractivity contribution < 1.29 is 4.74 Å². The number of benzene rings is 1. The molecule has 0 spiro atoms. The lowest BCUT2D eigenvalue weighted by atomic mass is 10.1. The molecule has 0 fully saturated rings. The van der Waals surface area contributed by atoms with Crippen LogP contribution >= 0.6 is 0 Å². The Hall–Kier alpha value is -2.76. The molecule has 0 aliphatic rings. The van der Waals surface area contributed by atoms with Crippen LogP contribution in [0.4, 0.5) is 0 Å². The first-order valence-corrected chi connectivity index (χ1v) is 6.05. The van der Waals surface area contributed by atoms with Gasteiger partial charge < -0.3 is 4.74 Å². The van der Waals surface area contributed by atoms with Gasteiger partial charge in [-0.2, -0.15) is 4.98 Å². The van der Waals surface area contributed by atoms with E-state index in [0.717, 1.165) is 10.9 Å². The zero-order valence-corrected chi connectivity index (χ0v) is 11.1. The average Bonchev–Trinajstić information content (AvgIpc) is 2.47. The Morgan fingerprint density at radius 2 is 1.95 bits per heavy atom. The summed E-state index contributed by atoms with van der Waals surface area (Å²) in [6.07, 6.45) is 3.17. The molecule has 0 saturated carbocycles. The van der Waals surface area contributed by atoms with Gasteiger partial charge in [-0.05, 0) is 30.7 Å². The number of methoxy groups -OCH3 is 1. The molecule has 20 heavy (non-hydrogen) atoms. The van der Waals surface area contributed by atoms with Crippen molar-refractivity contribution in [2.75, 3.05) is 7.11 Å². The summed E-state index contributed by atoms with van der Waals surface area (Å²) in [6, 6.07) is 7.39. The largest absolute Gasteiger partial charge is 0.480 e. The van der Waals surface area contributed by atoms with Crippen LogP contribution in [0.2, 0.25) is 0 Å². The van der Waals surface area contributed by atoms with E-state index in [2.05, 4.69) is 15.0 Å². The van der Waals surface area contributed by atoms with Crippen LogP contribution in [0.15, 0.2) is 41.5 Å². The Bertz CT molecular complexity index is 828. The Balaban J connectivity index is 2.46. The maximum atomic E-state index is 12.2. The second kappa shape index (κ2) is 4.73. The predicted molar refractivity (Wildman–Crippen MR) is 74.2 cm³/mol. The molecule has 3 aromatic rings. The molecule has 6 heteroatoms. The van der Waals surface area contributed by atoms with Gasteiger partial charge in [-0.3, -0.25) is 0 Å². The molecule has 0 radical (unpaired) electrons. The van der Waals surface area contributed by atoms with Gasteiger partial charge in [-0.15, -0.1) is 0 Å². The molecule has 6 nitrogen and oxygen atoms in total. The summed E-state index contributed by atoms with van der Waals surface area (Å²) in [5.74, 6) is 0.598. The van der Waals surface area contributed by atoms with E-state index in [-0.39, 0.29) is 0 Å². The van der Waals surface area contributed by atoms with Gasteiger partial charge in [0.05, 0.1) is 18.0 Å². The van der Waals surface area contributed by atoms with Gasteiger partial charge in [-0.1, -0.05) is 6.07 Å². The number of aromatic nitrogens is 4. The van der Waals surface area contributed by atoms with Crippen LogP contribution in [-0.4, -0.2) is 26.6 Å². The fraction of sp³-hybridized carbons (Fsp3) is 0.143. The van der Waals surface area contributed by atoms with E-state index in [9.17, 15) is 4.79 Å².